The van der Waals surface area contributed by atoms with E-state index in [1.807, 2.05) is 13.0 Å². The first-order valence-electron chi connectivity index (χ1n) is 7.46. The van der Waals surface area contributed by atoms with Crippen molar-refractivity contribution in [2.24, 2.45) is 0 Å². The smallest absolute Gasteiger partial charge is 0.132 e. The van der Waals surface area contributed by atoms with E-state index < -0.39 is 0 Å². The van der Waals surface area contributed by atoms with Crippen molar-refractivity contribution in [1.82, 2.24) is 9.97 Å². The molecule has 4 heteroatoms. The van der Waals surface area contributed by atoms with Gasteiger partial charge in [0.1, 0.15) is 17.5 Å². The van der Waals surface area contributed by atoms with E-state index >= 15 is 0 Å². The average Bonchev–Trinajstić information content (AvgIpc) is 2.42. The van der Waals surface area contributed by atoms with Crippen LogP contribution in [0.1, 0.15) is 59.2 Å². The first-order valence-corrected chi connectivity index (χ1v) is 7.46. The Labute approximate surface area is 117 Å². The minimum Gasteiger partial charge on any atom is -0.370 e. The fourth-order valence-electron chi connectivity index (χ4n) is 2.26. The van der Waals surface area contributed by atoms with Crippen molar-refractivity contribution in [1.29, 1.82) is 0 Å². The van der Waals surface area contributed by atoms with Gasteiger partial charge in [0, 0.05) is 18.2 Å². The number of rotatable bonds is 8. The van der Waals surface area contributed by atoms with Crippen molar-refractivity contribution >= 4 is 11.6 Å². The quantitative estimate of drug-likeness (QED) is 0.745. The molecule has 0 atom stereocenters. The Bertz CT molecular complexity index is 377. The minimum absolute atomic E-state index is 0.142. The molecule has 1 heterocycles. The molecule has 19 heavy (non-hydrogen) atoms. The van der Waals surface area contributed by atoms with Crippen molar-refractivity contribution in [2.45, 2.75) is 65.8 Å². The summed E-state index contributed by atoms with van der Waals surface area (Å²) in [4.78, 5) is 8.93. The SMILES string of the molecule is CCCNc1cc(NC(CC)(CC)CC)nc(C)n1. The largest absolute Gasteiger partial charge is 0.370 e. The zero-order valence-corrected chi connectivity index (χ0v) is 13.0. The molecule has 0 saturated heterocycles. The first-order chi connectivity index (χ1) is 9.09. The molecule has 0 spiro atoms. The van der Waals surface area contributed by atoms with Crippen LogP contribution in [0.2, 0.25) is 0 Å². The summed E-state index contributed by atoms with van der Waals surface area (Å²) in [5.41, 5.74) is 0.142. The van der Waals surface area contributed by atoms with Gasteiger partial charge in [0.25, 0.3) is 0 Å². The molecule has 1 aromatic heterocycles. The maximum absolute atomic E-state index is 4.51. The van der Waals surface area contributed by atoms with Crippen molar-refractivity contribution in [3.05, 3.63) is 11.9 Å². The van der Waals surface area contributed by atoms with Gasteiger partial charge in [-0.3, -0.25) is 0 Å². The summed E-state index contributed by atoms with van der Waals surface area (Å²) >= 11 is 0. The van der Waals surface area contributed by atoms with Crippen LogP contribution in [0.25, 0.3) is 0 Å². The number of nitrogens with zero attached hydrogens (tertiary/aromatic N) is 2. The molecule has 0 bridgehead atoms. The Balaban J connectivity index is 2.90. The van der Waals surface area contributed by atoms with Crippen LogP contribution < -0.4 is 10.6 Å². The minimum atomic E-state index is 0.142. The standard InChI is InChI=1S/C15H28N4/c1-6-10-16-13-11-14(18-12(5)17-13)19-15(7-2,8-3)9-4/h11H,6-10H2,1-5H3,(H2,16,17,18,19). The van der Waals surface area contributed by atoms with Gasteiger partial charge >= 0.3 is 0 Å². The van der Waals surface area contributed by atoms with Crippen LogP contribution in [0.4, 0.5) is 11.6 Å². The second-order valence-electron chi connectivity index (χ2n) is 5.08. The molecule has 1 rings (SSSR count). The molecule has 0 fully saturated rings. The predicted molar refractivity (Wildman–Crippen MR) is 82.8 cm³/mol. The van der Waals surface area contributed by atoms with Crippen LogP contribution in [-0.4, -0.2) is 22.1 Å². The summed E-state index contributed by atoms with van der Waals surface area (Å²) < 4.78 is 0. The van der Waals surface area contributed by atoms with Crippen LogP contribution in [0.3, 0.4) is 0 Å². The molecule has 1 aromatic rings. The molecule has 0 aliphatic rings. The molecule has 0 radical (unpaired) electrons. The molecule has 0 aromatic carbocycles. The van der Waals surface area contributed by atoms with Crippen LogP contribution in [-0.2, 0) is 0 Å². The molecule has 0 amide bonds. The summed E-state index contributed by atoms with van der Waals surface area (Å²) in [5, 5.41) is 6.93. The Kier molecular flexibility index (Phi) is 6.06. The third-order valence-electron chi connectivity index (χ3n) is 3.82. The molecule has 0 aliphatic carbocycles. The highest BCUT2D eigenvalue weighted by Gasteiger charge is 2.24. The van der Waals surface area contributed by atoms with Gasteiger partial charge in [0.2, 0.25) is 0 Å². The van der Waals surface area contributed by atoms with Crippen molar-refractivity contribution in [3.63, 3.8) is 0 Å². The van der Waals surface area contributed by atoms with Crippen molar-refractivity contribution in [2.75, 3.05) is 17.2 Å². The second kappa shape index (κ2) is 7.31. The number of nitrogens with one attached hydrogen (secondary N) is 2. The van der Waals surface area contributed by atoms with E-state index in [1.54, 1.807) is 0 Å². The van der Waals surface area contributed by atoms with E-state index in [0.717, 1.165) is 49.7 Å². The topological polar surface area (TPSA) is 49.8 Å². The number of aromatic nitrogens is 2. The molecule has 2 N–H and O–H groups in total. The van der Waals surface area contributed by atoms with Gasteiger partial charge in [-0.1, -0.05) is 27.7 Å². The lowest BCUT2D eigenvalue weighted by Crippen LogP contribution is -2.36. The van der Waals surface area contributed by atoms with Gasteiger partial charge in [0.05, 0.1) is 0 Å². The van der Waals surface area contributed by atoms with Gasteiger partial charge in [0.15, 0.2) is 0 Å². The van der Waals surface area contributed by atoms with Gasteiger partial charge in [-0.2, -0.15) is 0 Å². The van der Waals surface area contributed by atoms with E-state index in [0.29, 0.717) is 0 Å². The van der Waals surface area contributed by atoms with Gasteiger partial charge in [-0.25, -0.2) is 9.97 Å². The molecule has 0 saturated carbocycles. The van der Waals surface area contributed by atoms with Gasteiger partial charge < -0.3 is 10.6 Å². The van der Waals surface area contributed by atoms with Crippen molar-refractivity contribution in [3.8, 4) is 0 Å². The Morgan fingerprint density at radius 1 is 1.00 bits per heavy atom. The summed E-state index contributed by atoms with van der Waals surface area (Å²) in [6.45, 7) is 11.7. The van der Waals surface area contributed by atoms with Crippen molar-refractivity contribution < 1.29 is 0 Å². The molecular formula is C15H28N4. The van der Waals surface area contributed by atoms with Crippen LogP contribution in [0, 0.1) is 6.92 Å². The number of anilines is 2. The predicted octanol–water partition coefficient (Wildman–Crippen LogP) is 3.99. The number of hydrogen-bond donors (Lipinski definition) is 2. The first kappa shape index (κ1) is 15.7. The maximum atomic E-state index is 4.51. The third kappa shape index (κ3) is 4.37. The Hall–Kier alpha value is -1.32. The van der Waals surface area contributed by atoms with Gasteiger partial charge in [-0.05, 0) is 32.6 Å². The normalized spacial score (nSPS) is 11.4. The van der Waals surface area contributed by atoms with E-state index in [4.69, 9.17) is 0 Å². The molecular weight excluding hydrogens is 236 g/mol. The lowest BCUT2D eigenvalue weighted by atomic mass is 9.90. The van der Waals surface area contributed by atoms with Gasteiger partial charge in [-0.15, -0.1) is 0 Å². The van der Waals surface area contributed by atoms with Crippen LogP contribution in [0.5, 0.6) is 0 Å². The van der Waals surface area contributed by atoms with Crippen LogP contribution in [0.15, 0.2) is 6.07 Å². The molecule has 0 aliphatic heterocycles. The summed E-state index contributed by atoms with van der Waals surface area (Å²) in [7, 11) is 0. The fourth-order valence-corrected chi connectivity index (χ4v) is 2.26. The highest BCUT2D eigenvalue weighted by Crippen LogP contribution is 2.25. The monoisotopic (exact) mass is 264 g/mol. The summed E-state index contributed by atoms with van der Waals surface area (Å²) in [5.74, 6) is 2.64. The average molecular weight is 264 g/mol. The van der Waals surface area contributed by atoms with E-state index in [1.165, 1.54) is 0 Å². The number of aryl methyl sites for hydroxylation is 1. The third-order valence-corrected chi connectivity index (χ3v) is 3.82. The van der Waals surface area contributed by atoms with E-state index in [9.17, 15) is 0 Å². The Morgan fingerprint density at radius 2 is 1.58 bits per heavy atom. The summed E-state index contributed by atoms with van der Waals surface area (Å²) in [6.07, 6.45) is 4.39. The highest BCUT2D eigenvalue weighted by molar-refractivity contribution is 5.49. The fraction of sp³-hybridized carbons (Fsp3) is 0.733. The lowest BCUT2D eigenvalue weighted by Gasteiger charge is -2.32. The lowest BCUT2D eigenvalue weighted by molar-refractivity contribution is 0.419. The van der Waals surface area contributed by atoms with E-state index in [2.05, 4.69) is 48.3 Å². The Morgan fingerprint density at radius 3 is 2.11 bits per heavy atom. The molecule has 0 unspecified atom stereocenters. The van der Waals surface area contributed by atoms with Crippen LogP contribution >= 0.6 is 0 Å². The zero-order chi connectivity index (χ0) is 14.3. The second-order valence-corrected chi connectivity index (χ2v) is 5.08. The summed E-state index contributed by atoms with van der Waals surface area (Å²) in [6, 6.07) is 2.01. The molecule has 108 valence electrons. The van der Waals surface area contributed by atoms with E-state index in [-0.39, 0.29) is 5.54 Å². The highest BCUT2D eigenvalue weighted by atomic mass is 15.1. The zero-order valence-electron chi connectivity index (χ0n) is 13.0. The maximum Gasteiger partial charge on any atom is 0.132 e. The molecule has 4 nitrogen and oxygen atoms in total. The number of hydrogen-bond acceptors (Lipinski definition) is 4.